The van der Waals surface area contributed by atoms with Crippen LogP contribution in [0.2, 0.25) is 0 Å². The van der Waals surface area contributed by atoms with Gasteiger partial charge in [-0.3, -0.25) is 9.59 Å². The van der Waals surface area contributed by atoms with E-state index in [4.69, 9.17) is 4.74 Å². The molecule has 2 amide bonds. The summed E-state index contributed by atoms with van der Waals surface area (Å²) in [5.41, 5.74) is 0.988. The van der Waals surface area contributed by atoms with Gasteiger partial charge >= 0.3 is 0 Å². The summed E-state index contributed by atoms with van der Waals surface area (Å²) in [5.74, 6) is 2.06. The molecule has 0 aliphatic carbocycles. The Bertz CT molecular complexity index is 614. The van der Waals surface area contributed by atoms with Crippen LogP contribution in [0.5, 0.6) is 0 Å². The first-order valence-corrected chi connectivity index (χ1v) is 9.86. The van der Waals surface area contributed by atoms with Gasteiger partial charge in [-0.15, -0.1) is 0 Å². The number of carbonyl (C=O) groups excluding carboxylic acids is 2. The molecule has 1 aromatic carbocycles. The number of rotatable bonds is 4. The summed E-state index contributed by atoms with van der Waals surface area (Å²) in [6.07, 6.45) is 3.75. The van der Waals surface area contributed by atoms with Crippen LogP contribution in [0.1, 0.15) is 12.0 Å². The van der Waals surface area contributed by atoms with E-state index in [1.807, 2.05) is 53.1 Å². The van der Waals surface area contributed by atoms with Crippen LogP contribution in [0.3, 0.4) is 0 Å². The number of nitrogens with zero attached hydrogens (tertiary/aromatic N) is 2. The molecule has 0 N–H and O–H groups in total. The molecule has 25 heavy (non-hydrogen) atoms. The number of carbonyl (C=O) groups is 2. The van der Waals surface area contributed by atoms with Crippen molar-refractivity contribution in [3.8, 4) is 0 Å². The van der Waals surface area contributed by atoms with Gasteiger partial charge in [0.25, 0.3) is 0 Å². The first-order chi connectivity index (χ1) is 12.2. The highest BCUT2D eigenvalue weighted by Crippen LogP contribution is 2.16. The molecule has 2 fully saturated rings. The van der Waals surface area contributed by atoms with E-state index in [-0.39, 0.29) is 17.9 Å². The van der Waals surface area contributed by atoms with E-state index in [1.165, 1.54) is 0 Å². The monoisotopic (exact) mass is 360 g/mol. The van der Waals surface area contributed by atoms with Crippen molar-refractivity contribution in [1.82, 2.24) is 9.80 Å². The molecular weight excluding hydrogens is 336 g/mol. The van der Waals surface area contributed by atoms with Gasteiger partial charge in [0.1, 0.15) is 0 Å². The highest BCUT2D eigenvalue weighted by Gasteiger charge is 2.30. The molecule has 1 aromatic rings. The van der Waals surface area contributed by atoms with Gasteiger partial charge in [0.2, 0.25) is 11.8 Å². The highest BCUT2D eigenvalue weighted by atomic mass is 32.2. The first-order valence-electron chi connectivity index (χ1n) is 8.71. The second-order valence-corrected chi connectivity index (χ2v) is 7.43. The third-order valence-corrected chi connectivity index (χ3v) is 5.45. The van der Waals surface area contributed by atoms with Gasteiger partial charge in [0.05, 0.1) is 19.3 Å². The van der Waals surface area contributed by atoms with Gasteiger partial charge < -0.3 is 14.5 Å². The molecule has 0 spiro atoms. The van der Waals surface area contributed by atoms with Crippen LogP contribution in [-0.4, -0.2) is 72.0 Å². The fourth-order valence-corrected chi connectivity index (χ4v) is 3.99. The minimum atomic E-state index is -0.177. The molecule has 2 heterocycles. The third-order valence-electron chi connectivity index (χ3n) is 4.50. The summed E-state index contributed by atoms with van der Waals surface area (Å²) in [5, 5.41) is 0. The number of hydrogen-bond donors (Lipinski definition) is 0. The Hall–Kier alpha value is -1.79. The molecule has 2 aliphatic rings. The summed E-state index contributed by atoms with van der Waals surface area (Å²) in [4.78, 5) is 28.8. The largest absolute Gasteiger partial charge is 0.377 e. The van der Waals surface area contributed by atoms with Crippen molar-refractivity contribution in [3.63, 3.8) is 0 Å². The minimum absolute atomic E-state index is 0.0563. The Morgan fingerprint density at radius 3 is 2.68 bits per heavy atom. The zero-order valence-electron chi connectivity index (χ0n) is 14.3. The number of morpholine rings is 1. The average molecular weight is 360 g/mol. The van der Waals surface area contributed by atoms with Crippen LogP contribution in [-0.2, 0) is 14.3 Å². The second-order valence-electron chi connectivity index (χ2n) is 6.20. The van der Waals surface area contributed by atoms with E-state index < -0.39 is 0 Å². The molecule has 0 saturated carbocycles. The molecule has 0 radical (unpaired) electrons. The predicted octanol–water partition coefficient (Wildman–Crippen LogP) is 1.89. The molecule has 0 aromatic heterocycles. The zero-order valence-corrected chi connectivity index (χ0v) is 15.1. The maximum atomic E-state index is 12.6. The number of amides is 2. The Morgan fingerprint density at radius 1 is 1.16 bits per heavy atom. The summed E-state index contributed by atoms with van der Waals surface area (Å²) in [6.45, 7) is 3.10. The topological polar surface area (TPSA) is 49.9 Å². The quantitative estimate of drug-likeness (QED) is 0.770. The lowest BCUT2D eigenvalue weighted by Gasteiger charge is -2.36. The number of hydrogen-bond acceptors (Lipinski definition) is 4. The molecule has 2 saturated heterocycles. The Kier molecular flexibility index (Phi) is 6.53. The molecule has 134 valence electrons. The molecule has 5 nitrogen and oxygen atoms in total. The summed E-state index contributed by atoms with van der Waals surface area (Å²) < 4.78 is 5.52. The van der Waals surface area contributed by atoms with E-state index in [1.54, 1.807) is 11.0 Å². The van der Waals surface area contributed by atoms with Crippen molar-refractivity contribution in [2.75, 3.05) is 44.4 Å². The summed E-state index contributed by atoms with van der Waals surface area (Å²) in [7, 11) is 0. The van der Waals surface area contributed by atoms with E-state index in [0.717, 1.165) is 30.2 Å². The van der Waals surface area contributed by atoms with Crippen LogP contribution in [0.15, 0.2) is 36.4 Å². The highest BCUT2D eigenvalue weighted by molar-refractivity contribution is 7.99. The van der Waals surface area contributed by atoms with Gasteiger partial charge in [0.15, 0.2) is 0 Å². The molecule has 2 aliphatic heterocycles. The van der Waals surface area contributed by atoms with E-state index in [2.05, 4.69) is 0 Å². The Morgan fingerprint density at radius 2 is 1.92 bits per heavy atom. The number of benzene rings is 1. The summed E-state index contributed by atoms with van der Waals surface area (Å²) in [6, 6.07) is 9.57. The van der Waals surface area contributed by atoms with Gasteiger partial charge in [-0.1, -0.05) is 30.3 Å². The molecule has 1 atom stereocenters. The van der Waals surface area contributed by atoms with Crippen molar-refractivity contribution in [2.24, 2.45) is 0 Å². The van der Waals surface area contributed by atoms with Gasteiger partial charge in [-0.05, 0) is 11.6 Å². The van der Waals surface area contributed by atoms with Crippen molar-refractivity contribution in [3.05, 3.63) is 42.0 Å². The fourth-order valence-electron chi connectivity index (χ4n) is 3.08. The summed E-state index contributed by atoms with van der Waals surface area (Å²) >= 11 is 1.88. The smallest absolute Gasteiger partial charge is 0.246 e. The third kappa shape index (κ3) is 5.09. The maximum absolute atomic E-state index is 12.6. The van der Waals surface area contributed by atoms with Crippen LogP contribution < -0.4 is 0 Å². The zero-order chi connectivity index (χ0) is 17.5. The molecule has 6 heteroatoms. The Labute approximate surface area is 153 Å². The standard InChI is InChI=1S/C19H24N2O3S/c22-18(7-6-16-4-2-1-3-5-16)21-8-11-24-15-17(21)14-19(23)20-9-12-25-13-10-20/h1-7,17H,8-15H2/b7-6+. The molecule has 0 bridgehead atoms. The lowest BCUT2D eigenvalue weighted by molar-refractivity contribution is -0.140. The Balaban J connectivity index is 1.60. The van der Waals surface area contributed by atoms with Gasteiger partial charge in [-0.2, -0.15) is 11.8 Å². The van der Waals surface area contributed by atoms with Crippen molar-refractivity contribution >= 4 is 29.7 Å². The first kappa shape index (κ1) is 18.0. The van der Waals surface area contributed by atoms with Crippen LogP contribution in [0.25, 0.3) is 6.08 Å². The lowest BCUT2D eigenvalue weighted by Crippen LogP contribution is -2.51. The lowest BCUT2D eigenvalue weighted by atomic mass is 10.1. The van der Waals surface area contributed by atoms with Crippen molar-refractivity contribution in [1.29, 1.82) is 0 Å². The van der Waals surface area contributed by atoms with Crippen LogP contribution in [0, 0.1) is 0 Å². The van der Waals surface area contributed by atoms with E-state index in [9.17, 15) is 9.59 Å². The molecule has 1 unspecified atom stereocenters. The number of thioether (sulfide) groups is 1. The van der Waals surface area contributed by atoms with Crippen molar-refractivity contribution < 1.29 is 14.3 Å². The van der Waals surface area contributed by atoms with Crippen molar-refractivity contribution in [2.45, 2.75) is 12.5 Å². The normalized spacial score (nSPS) is 21.5. The maximum Gasteiger partial charge on any atom is 0.246 e. The second kappa shape index (κ2) is 9.06. The van der Waals surface area contributed by atoms with Crippen LogP contribution >= 0.6 is 11.8 Å². The van der Waals surface area contributed by atoms with E-state index >= 15 is 0 Å². The average Bonchev–Trinajstić information content (AvgIpc) is 2.68. The minimum Gasteiger partial charge on any atom is -0.377 e. The van der Waals surface area contributed by atoms with Gasteiger partial charge in [0, 0.05) is 43.6 Å². The van der Waals surface area contributed by atoms with Crippen LogP contribution in [0.4, 0.5) is 0 Å². The van der Waals surface area contributed by atoms with E-state index in [0.29, 0.717) is 26.2 Å². The molecule has 3 rings (SSSR count). The number of ether oxygens (including phenoxy) is 1. The van der Waals surface area contributed by atoms with Gasteiger partial charge in [-0.25, -0.2) is 0 Å². The molecular formula is C19H24N2O3S. The predicted molar refractivity (Wildman–Crippen MR) is 100 cm³/mol. The SMILES string of the molecule is O=C(CC1COCCN1C(=O)/C=C/c1ccccc1)N1CCSCC1. The fraction of sp³-hybridized carbons (Fsp3) is 0.474.